The fourth-order valence-corrected chi connectivity index (χ4v) is 2.59. The first kappa shape index (κ1) is 14.4. The van der Waals surface area contributed by atoms with Crippen molar-refractivity contribution in [1.29, 1.82) is 0 Å². The predicted molar refractivity (Wildman–Crippen MR) is 79.4 cm³/mol. The fourth-order valence-electron chi connectivity index (χ4n) is 2.46. The van der Waals surface area contributed by atoms with Crippen LogP contribution in [-0.2, 0) is 13.0 Å². The Morgan fingerprint density at radius 2 is 2.19 bits per heavy atom. The van der Waals surface area contributed by atoms with Crippen molar-refractivity contribution in [3.05, 3.63) is 41.0 Å². The van der Waals surface area contributed by atoms with Crippen molar-refractivity contribution in [3.8, 4) is 5.75 Å². The lowest BCUT2D eigenvalue weighted by Gasteiger charge is -2.20. The number of aromatic nitrogens is 2. The van der Waals surface area contributed by atoms with Gasteiger partial charge in [0.05, 0.1) is 0 Å². The highest BCUT2D eigenvalue weighted by molar-refractivity contribution is 6.30. The molecule has 21 heavy (non-hydrogen) atoms. The minimum atomic E-state index is 0.275. The zero-order chi connectivity index (χ0) is 14.5. The van der Waals surface area contributed by atoms with Gasteiger partial charge in [-0.25, -0.2) is 0 Å². The summed E-state index contributed by atoms with van der Waals surface area (Å²) in [5.74, 6) is 2.60. The molecule has 1 N–H and O–H groups in total. The van der Waals surface area contributed by atoms with Gasteiger partial charge in [-0.05, 0) is 56.1 Å². The second-order valence-electron chi connectivity index (χ2n) is 5.26. The maximum atomic E-state index is 5.82. The zero-order valence-electron chi connectivity index (χ0n) is 11.7. The molecule has 0 amide bonds. The van der Waals surface area contributed by atoms with Crippen molar-refractivity contribution in [3.63, 3.8) is 0 Å². The number of ether oxygens (including phenoxy) is 1. The number of benzene rings is 1. The van der Waals surface area contributed by atoms with E-state index in [0.29, 0.717) is 16.8 Å². The van der Waals surface area contributed by atoms with Crippen LogP contribution in [0, 0.1) is 5.92 Å². The number of piperidine rings is 1. The molecule has 2 aromatic rings. The topological polar surface area (TPSA) is 60.2 Å². The summed E-state index contributed by atoms with van der Waals surface area (Å²) in [6.07, 6.45) is 3.30. The van der Waals surface area contributed by atoms with Crippen molar-refractivity contribution >= 4 is 11.6 Å². The molecule has 1 unspecified atom stereocenters. The van der Waals surface area contributed by atoms with Crippen LogP contribution in [0.5, 0.6) is 5.75 Å². The van der Waals surface area contributed by atoms with Gasteiger partial charge in [0.2, 0.25) is 0 Å². The molecule has 6 heteroatoms. The van der Waals surface area contributed by atoms with Crippen LogP contribution in [-0.4, -0.2) is 23.2 Å². The van der Waals surface area contributed by atoms with Gasteiger partial charge < -0.3 is 14.6 Å². The minimum Gasteiger partial charge on any atom is -0.484 e. The van der Waals surface area contributed by atoms with E-state index in [1.54, 1.807) is 12.1 Å². The highest BCUT2D eigenvalue weighted by Crippen LogP contribution is 2.17. The molecule has 0 bridgehead atoms. The molecule has 2 heterocycles. The third kappa shape index (κ3) is 4.19. The lowest BCUT2D eigenvalue weighted by atomic mass is 9.96. The Bertz CT molecular complexity index is 565. The molecule has 1 aliphatic heterocycles. The van der Waals surface area contributed by atoms with E-state index in [9.17, 15) is 0 Å². The van der Waals surface area contributed by atoms with Crippen molar-refractivity contribution in [2.24, 2.45) is 5.92 Å². The second kappa shape index (κ2) is 6.91. The third-order valence-corrected chi connectivity index (χ3v) is 3.81. The molecular weight excluding hydrogens is 290 g/mol. The van der Waals surface area contributed by atoms with Gasteiger partial charge in [0, 0.05) is 11.4 Å². The Labute approximate surface area is 128 Å². The number of nitrogens with zero attached hydrogens (tertiary/aromatic N) is 2. The fraction of sp³-hybridized carbons (Fsp3) is 0.467. The van der Waals surface area contributed by atoms with Gasteiger partial charge >= 0.3 is 0 Å². The lowest BCUT2D eigenvalue weighted by molar-refractivity contribution is 0.242. The highest BCUT2D eigenvalue weighted by Gasteiger charge is 2.17. The monoisotopic (exact) mass is 307 g/mol. The van der Waals surface area contributed by atoms with Gasteiger partial charge in [0.25, 0.3) is 5.89 Å². The zero-order valence-corrected chi connectivity index (χ0v) is 12.5. The van der Waals surface area contributed by atoms with E-state index in [0.717, 1.165) is 31.1 Å². The summed E-state index contributed by atoms with van der Waals surface area (Å²) >= 11 is 5.82. The average Bonchev–Trinajstić information content (AvgIpc) is 2.95. The summed E-state index contributed by atoms with van der Waals surface area (Å²) in [5.41, 5.74) is 0. The van der Waals surface area contributed by atoms with Crippen molar-refractivity contribution in [2.75, 3.05) is 13.1 Å². The standard InChI is InChI=1S/C15H18ClN3O2/c16-12-3-5-13(6-4-12)20-10-15-18-14(19-21-15)8-11-2-1-7-17-9-11/h3-6,11,17H,1-2,7-10H2. The quantitative estimate of drug-likeness (QED) is 0.920. The molecular formula is C15H18ClN3O2. The van der Waals surface area contributed by atoms with Gasteiger partial charge in [-0.3, -0.25) is 0 Å². The smallest absolute Gasteiger partial charge is 0.264 e. The molecule has 1 aromatic heterocycles. The Kier molecular flexibility index (Phi) is 4.72. The van der Waals surface area contributed by atoms with E-state index in [1.807, 2.05) is 12.1 Å². The molecule has 0 radical (unpaired) electrons. The largest absolute Gasteiger partial charge is 0.484 e. The second-order valence-corrected chi connectivity index (χ2v) is 5.70. The highest BCUT2D eigenvalue weighted by atomic mass is 35.5. The molecule has 3 rings (SSSR count). The summed E-state index contributed by atoms with van der Waals surface area (Å²) in [4.78, 5) is 4.38. The van der Waals surface area contributed by atoms with Gasteiger partial charge in [-0.15, -0.1) is 0 Å². The Hall–Kier alpha value is -1.59. The molecule has 1 atom stereocenters. The predicted octanol–water partition coefficient (Wildman–Crippen LogP) is 2.84. The molecule has 1 fully saturated rings. The molecule has 1 aliphatic rings. The molecule has 0 saturated carbocycles. The van der Waals surface area contributed by atoms with E-state index in [1.165, 1.54) is 12.8 Å². The van der Waals surface area contributed by atoms with E-state index in [2.05, 4.69) is 15.5 Å². The van der Waals surface area contributed by atoms with Crippen LogP contribution in [0.3, 0.4) is 0 Å². The molecule has 1 aromatic carbocycles. The number of hydrogen-bond donors (Lipinski definition) is 1. The normalized spacial score (nSPS) is 18.6. The van der Waals surface area contributed by atoms with E-state index in [4.69, 9.17) is 20.9 Å². The molecule has 0 spiro atoms. The van der Waals surface area contributed by atoms with Crippen molar-refractivity contribution in [1.82, 2.24) is 15.5 Å². The molecule has 1 saturated heterocycles. The first-order valence-electron chi connectivity index (χ1n) is 7.20. The van der Waals surface area contributed by atoms with E-state index < -0.39 is 0 Å². The summed E-state index contributed by atoms with van der Waals surface area (Å²) in [6.45, 7) is 2.42. The van der Waals surface area contributed by atoms with Gasteiger partial charge in [-0.2, -0.15) is 4.98 Å². The van der Waals surface area contributed by atoms with Gasteiger partial charge in [0.1, 0.15) is 5.75 Å². The van der Waals surface area contributed by atoms with Gasteiger partial charge in [0.15, 0.2) is 12.4 Å². The number of halogens is 1. The van der Waals surface area contributed by atoms with Crippen molar-refractivity contribution in [2.45, 2.75) is 25.9 Å². The Balaban J connectivity index is 1.51. The van der Waals surface area contributed by atoms with E-state index >= 15 is 0 Å². The first-order chi connectivity index (χ1) is 10.3. The molecule has 5 nitrogen and oxygen atoms in total. The number of rotatable bonds is 5. The van der Waals surface area contributed by atoms with Crippen LogP contribution in [0.1, 0.15) is 24.6 Å². The number of hydrogen-bond acceptors (Lipinski definition) is 5. The van der Waals surface area contributed by atoms with Gasteiger partial charge in [-0.1, -0.05) is 16.8 Å². The maximum absolute atomic E-state index is 5.82. The summed E-state index contributed by atoms with van der Waals surface area (Å²) in [5, 5.41) is 8.10. The average molecular weight is 308 g/mol. The van der Waals surface area contributed by atoms with Crippen LogP contribution in [0.25, 0.3) is 0 Å². The number of nitrogens with one attached hydrogen (secondary N) is 1. The molecule has 112 valence electrons. The Morgan fingerprint density at radius 1 is 1.33 bits per heavy atom. The first-order valence-corrected chi connectivity index (χ1v) is 7.58. The summed E-state index contributed by atoms with van der Waals surface area (Å²) < 4.78 is 10.8. The third-order valence-electron chi connectivity index (χ3n) is 3.56. The van der Waals surface area contributed by atoms with Crippen LogP contribution in [0.2, 0.25) is 5.02 Å². The van der Waals surface area contributed by atoms with Crippen molar-refractivity contribution < 1.29 is 9.26 Å². The van der Waals surface area contributed by atoms with Crippen LogP contribution in [0.15, 0.2) is 28.8 Å². The van der Waals surface area contributed by atoms with Crippen LogP contribution < -0.4 is 10.1 Å². The Morgan fingerprint density at radius 3 is 2.95 bits per heavy atom. The lowest BCUT2D eigenvalue weighted by Crippen LogP contribution is -2.31. The minimum absolute atomic E-state index is 0.275. The van der Waals surface area contributed by atoms with E-state index in [-0.39, 0.29) is 6.61 Å². The summed E-state index contributed by atoms with van der Waals surface area (Å²) in [7, 11) is 0. The van der Waals surface area contributed by atoms with Crippen LogP contribution >= 0.6 is 11.6 Å². The maximum Gasteiger partial charge on any atom is 0.264 e. The van der Waals surface area contributed by atoms with Crippen LogP contribution in [0.4, 0.5) is 0 Å². The SMILES string of the molecule is Clc1ccc(OCc2nc(CC3CCCNC3)no2)cc1. The summed E-state index contributed by atoms with van der Waals surface area (Å²) in [6, 6.07) is 7.19. The molecule has 0 aliphatic carbocycles.